The van der Waals surface area contributed by atoms with Crippen LogP contribution in [0.5, 0.6) is 5.75 Å². The van der Waals surface area contributed by atoms with Crippen LogP contribution in [0.4, 0.5) is 5.69 Å². The standard InChI is InChI=1S/C13H16N2O5/c16-10(13(18)19)4-5-15-12(17)8-2-1-3-9-11(8)20-7-6-14-9/h1-3,10,14,16H,4-7H2,(H,15,17)(H,18,19)/t10-/m0/s1. The summed E-state index contributed by atoms with van der Waals surface area (Å²) < 4.78 is 5.47. The molecule has 1 atom stereocenters. The van der Waals surface area contributed by atoms with E-state index in [1.165, 1.54) is 0 Å². The smallest absolute Gasteiger partial charge is 0.332 e. The molecule has 1 heterocycles. The number of aliphatic carboxylic acids is 1. The highest BCUT2D eigenvalue weighted by atomic mass is 16.5. The summed E-state index contributed by atoms with van der Waals surface area (Å²) in [5.41, 5.74) is 1.15. The van der Waals surface area contributed by atoms with Gasteiger partial charge in [-0.15, -0.1) is 0 Å². The highest BCUT2D eigenvalue weighted by Crippen LogP contribution is 2.30. The van der Waals surface area contributed by atoms with Gasteiger partial charge in [0.15, 0.2) is 11.9 Å². The maximum absolute atomic E-state index is 12.0. The van der Waals surface area contributed by atoms with E-state index in [1.807, 2.05) is 6.07 Å². The van der Waals surface area contributed by atoms with Crippen molar-refractivity contribution in [1.82, 2.24) is 5.32 Å². The van der Waals surface area contributed by atoms with Gasteiger partial charge in [-0.25, -0.2) is 4.79 Å². The molecule has 2 rings (SSSR count). The molecule has 4 N–H and O–H groups in total. The molecule has 0 radical (unpaired) electrons. The van der Waals surface area contributed by atoms with Gasteiger partial charge < -0.3 is 25.6 Å². The van der Waals surface area contributed by atoms with Gasteiger partial charge in [-0.3, -0.25) is 4.79 Å². The fraction of sp³-hybridized carbons (Fsp3) is 0.385. The van der Waals surface area contributed by atoms with Crippen molar-refractivity contribution in [1.29, 1.82) is 0 Å². The van der Waals surface area contributed by atoms with Crippen LogP contribution in [0.25, 0.3) is 0 Å². The SMILES string of the molecule is O=C(NCC[C@H](O)C(=O)O)c1cccc2c1OCCN2. The van der Waals surface area contributed by atoms with Crippen LogP contribution in [0.15, 0.2) is 18.2 Å². The second-order valence-corrected chi connectivity index (χ2v) is 4.36. The van der Waals surface area contributed by atoms with Crippen LogP contribution in [0.1, 0.15) is 16.8 Å². The largest absolute Gasteiger partial charge is 0.489 e. The Balaban J connectivity index is 1.98. The van der Waals surface area contributed by atoms with Gasteiger partial charge in [0.1, 0.15) is 6.61 Å². The molecule has 7 heteroatoms. The average Bonchev–Trinajstić information content (AvgIpc) is 2.46. The van der Waals surface area contributed by atoms with E-state index in [4.69, 9.17) is 14.9 Å². The van der Waals surface area contributed by atoms with Gasteiger partial charge in [0.2, 0.25) is 0 Å². The number of carbonyl (C=O) groups is 2. The molecule has 1 aromatic carbocycles. The molecule has 0 fully saturated rings. The van der Waals surface area contributed by atoms with Gasteiger partial charge in [-0.05, 0) is 12.1 Å². The number of hydrogen-bond donors (Lipinski definition) is 4. The Hall–Kier alpha value is -2.28. The summed E-state index contributed by atoms with van der Waals surface area (Å²) in [6, 6.07) is 5.19. The third kappa shape index (κ3) is 3.18. The highest BCUT2D eigenvalue weighted by molar-refractivity contribution is 5.99. The number of aliphatic hydroxyl groups is 1. The minimum atomic E-state index is -1.47. The monoisotopic (exact) mass is 280 g/mol. The molecule has 1 aliphatic heterocycles. The molecule has 108 valence electrons. The molecule has 7 nitrogen and oxygen atoms in total. The first kappa shape index (κ1) is 14.1. The summed E-state index contributed by atoms with van der Waals surface area (Å²) in [5, 5.41) is 23.3. The van der Waals surface area contributed by atoms with Crippen LogP contribution >= 0.6 is 0 Å². The molecule has 1 amide bonds. The molecule has 0 saturated heterocycles. The Morgan fingerprint density at radius 3 is 3.00 bits per heavy atom. The number of amides is 1. The fourth-order valence-electron chi connectivity index (χ4n) is 1.89. The first-order valence-corrected chi connectivity index (χ1v) is 6.28. The Morgan fingerprint density at radius 2 is 2.25 bits per heavy atom. The minimum absolute atomic E-state index is 0.0464. The van der Waals surface area contributed by atoms with Crippen molar-refractivity contribution in [3.8, 4) is 5.75 Å². The zero-order valence-corrected chi connectivity index (χ0v) is 10.8. The Kier molecular flexibility index (Phi) is 4.41. The number of benzene rings is 1. The predicted molar refractivity (Wildman–Crippen MR) is 71.0 cm³/mol. The van der Waals surface area contributed by atoms with Crippen LogP contribution in [-0.4, -0.2) is 47.9 Å². The lowest BCUT2D eigenvalue weighted by Gasteiger charge is -2.21. The molecule has 20 heavy (non-hydrogen) atoms. The molecule has 0 unspecified atom stereocenters. The van der Waals surface area contributed by atoms with Crippen LogP contribution in [0.2, 0.25) is 0 Å². The number of aliphatic hydroxyl groups excluding tert-OH is 1. The van der Waals surface area contributed by atoms with Crippen molar-refractivity contribution < 1.29 is 24.5 Å². The Bertz CT molecular complexity index is 517. The predicted octanol–water partition coefficient (Wildman–Crippen LogP) is 0.0563. The fourth-order valence-corrected chi connectivity index (χ4v) is 1.89. The average molecular weight is 280 g/mol. The van der Waals surface area contributed by atoms with Crippen molar-refractivity contribution >= 4 is 17.6 Å². The first-order chi connectivity index (χ1) is 9.59. The second kappa shape index (κ2) is 6.25. The summed E-state index contributed by atoms with van der Waals surface area (Å²) in [5.74, 6) is -1.16. The Morgan fingerprint density at radius 1 is 1.45 bits per heavy atom. The van der Waals surface area contributed by atoms with Crippen molar-refractivity contribution in [2.75, 3.05) is 25.0 Å². The lowest BCUT2D eigenvalue weighted by Crippen LogP contribution is -2.31. The van der Waals surface area contributed by atoms with E-state index in [0.717, 1.165) is 5.69 Å². The maximum Gasteiger partial charge on any atom is 0.332 e. The minimum Gasteiger partial charge on any atom is -0.489 e. The number of carbonyl (C=O) groups excluding carboxylic acids is 1. The van der Waals surface area contributed by atoms with Crippen molar-refractivity contribution in [2.24, 2.45) is 0 Å². The molecular formula is C13H16N2O5. The normalized spacial score (nSPS) is 14.4. The summed E-state index contributed by atoms with van der Waals surface area (Å²) in [6.07, 6.45) is -1.52. The number of anilines is 1. The van der Waals surface area contributed by atoms with E-state index in [9.17, 15) is 9.59 Å². The number of ether oxygens (including phenoxy) is 1. The maximum atomic E-state index is 12.0. The summed E-state index contributed by atoms with van der Waals surface area (Å²) in [7, 11) is 0. The van der Waals surface area contributed by atoms with E-state index in [1.54, 1.807) is 12.1 Å². The summed E-state index contributed by atoms with van der Waals surface area (Å²) >= 11 is 0. The number of rotatable bonds is 5. The third-order valence-electron chi connectivity index (χ3n) is 2.91. The molecule has 1 aliphatic rings. The molecular weight excluding hydrogens is 264 g/mol. The van der Waals surface area contributed by atoms with Crippen LogP contribution < -0.4 is 15.4 Å². The van der Waals surface area contributed by atoms with Gasteiger partial charge in [-0.1, -0.05) is 6.07 Å². The van der Waals surface area contributed by atoms with Crippen LogP contribution in [0.3, 0.4) is 0 Å². The van der Waals surface area contributed by atoms with Crippen molar-refractivity contribution in [2.45, 2.75) is 12.5 Å². The van der Waals surface area contributed by atoms with E-state index in [-0.39, 0.29) is 18.9 Å². The lowest BCUT2D eigenvalue weighted by molar-refractivity contribution is -0.146. The number of carboxylic acids is 1. The summed E-state index contributed by atoms with van der Waals surface area (Å²) in [4.78, 5) is 22.5. The van der Waals surface area contributed by atoms with Crippen molar-refractivity contribution in [3.63, 3.8) is 0 Å². The van der Waals surface area contributed by atoms with Gasteiger partial charge in [-0.2, -0.15) is 0 Å². The molecule has 0 spiro atoms. The van der Waals surface area contributed by atoms with E-state index >= 15 is 0 Å². The van der Waals surface area contributed by atoms with E-state index in [2.05, 4.69) is 10.6 Å². The van der Waals surface area contributed by atoms with Crippen LogP contribution in [0, 0.1) is 0 Å². The van der Waals surface area contributed by atoms with Crippen LogP contribution in [-0.2, 0) is 4.79 Å². The number of nitrogens with one attached hydrogen (secondary N) is 2. The van der Waals surface area contributed by atoms with Gasteiger partial charge >= 0.3 is 5.97 Å². The number of hydrogen-bond acceptors (Lipinski definition) is 5. The molecule has 1 aromatic rings. The zero-order chi connectivity index (χ0) is 14.5. The van der Waals surface area contributed by atoms with E-state index < -0.39 is 12.1 Å². The third-order valence-corrected chi connectivity index (χ3v) is 2.91. The second-order valence-electron chi connectivity index (χ2n) is 4.36. The number of fused-ring (bicyclic) bond motifs is 1. The molecule has 0 aromatic heterocycles. The quantitative estimate of drug-likeness (QED) is 0.607. The van der Waals surface area contributed by atoms with Gasteiger partial charge in [0.05, 0.1) is 11.3 Å². The Labute approximate surface area is 115 Å². The highest BCUT2D eigenvalue weighted by Gasteiger charge is 2.19. The van der Waals surface area contributed by atoms with Gasteiger partial charge in [0.25, 0.3) is 5.91 Å². The number of carboxylic acid groups (broad SMARTS) is 1. The summed E-state index contributed by atoms with van der Waals surface area (Å²) in [6.45, 7) is 1.24. The molecule has 0 saturated carbocycles. The van der Waals surface area contributed by atoms with Gasteiger partial charge in [0, 0.05) is 19.5 Å². The topological polar surface area (TPSA) is 108 Å². The number of para-hydroxylation sites is 1. The lowest BCUT2D eigenvalue weighted by atomic mass is 10.1. The molecule has 0 aliphatic carbocycles. The zero-order valence-electron chi connectivity index (χ0n) is 10.8. The molecule has 0 bridgehead atoms. The van der Waals surface area contributed by atoms with E-state index in [0.29, 0.717) is 24.5 Å². The van der Waals surface area contributed by atoms with Crippen molar-refractivity contribution in [3.05, 3.63) is 23.8 Å². The first-order valence-electron chi connectivity index (χ1n) is 6.28.